The van der Waals surface area contributed by atoms with E-state index in [9.17, 15) is 9.90 Å². The van der Waals surface area contributed by atoms with Crippen molar-refractivity contribution in [3.05, 3.63) is 22.2 Å². The average Bonchev–Trinajstić information content (AvgIpc) is 2.10. The van der Waals surface area contributed by atoms with Crippen molar-refractivity contribution in [2.75, 3.05) is 18.4 Å². The van der Waals surface area contributed by atoms with Crippen LogP contribution in [0.3, 0.4) is 0 Å². The highest BCUT2D eigenvalue weighted by molar-refractivity contribution is 6.37. The van der Waals surface area contributed by atoms with Crippen LogP contribution in [0.15, 0.2) is 12.1 Å². The lowest BCUT2D eigenvalue weighted by Crippen LogP contribution is -2.48. The first kappa shape index (κ1) is 11.5. The maximum Gasteiger partial charge on any atom is 0.230 e. The van der Waals surface area contributed by atoms with Crippen molar-refractivity contribution in [2.45, 2.75) is 0 Å². The summed E-state index contributed by atoms with van der Waals surface area (Å²) in [6.45, 7) is 1.37. The minimum atomic E-state index is -0.174. The monoisotopic (exact) mass is 260 g/mol. The Bertz CT molecular complexity index is 410. The lowest BCUT2D eigenvalue weighted by atomic mass is 10.0. The molecular weight excluding hydrogens is 251 g/mol. The molecular formula is C10H10Cl2N2O2. The quantitative estimate of drug-likeness (QED) is 0.712. The number of nitrogens with one attached hydrogen (secondary N) is 2. The number of rotatable bonds is 2. The zero-order chi connectivity index (χ0) is 11.7. The van der Waals surface area contributed by atoms with Gasteiger partial charge in [-0.15, -0.1) is 0 Å². The van der Waals surface area contributed by atoms with Gasteiger partial charge in [0.15, 0.2) is 5.75 Å². The fraction of sp³-hybridized carbons (Fsp3) is 0.300. The lowest BCUT2D eigenvalue weighted by molar-refractivity contribution is -0.121. The summed E-state index contributed by atoms with van der Waals surface area (Å²) in [6, 6.07) is 2.93. The molecule has 1 aromatic carbocycles. The molecule has 0 radical (unpaired) electrons. The van der Waals surface area contributed by atoms with Crippen molar-refractivity contribution in [1.29, 1.82) is 0 Å². The summed E-state index contributed by atoms with van der Waals surface area (Å²) in [5.41, 5.74) is 0.490. The van der Waals surface area contributed by atoms with Crippen LogP contribution in [0, 0.1) is 5.92 Å². The molecule has 6 heteroatoms. The van der Waals surface area contributed by atoms with Gasteiger partial charge < -0.3 is 15.7 Å². The van der Waals surface area contributed by atoms with Crippen molar-refractivity contribution in [3.63, 3.8) is 0 Å². The molecule has 1 heterocycles. The molecule has 1 aliphatic rings. The molecule has 2 rings (SSSR count). The molecule has 0 aromatic heterocycles. The number of hydrogen-bond donors (Lipinski definition) is 3. The SMILES string of the molecule is O=C(Nc1cc(Cl)c(O)c(Cl)c1)C1CNC1. The molecule has 0 bridgehead atoms. The van der Waals surface area contributed by atoms with Crippen LogP contribution >= 0.6 is 23.2 Å². The Kier molecular flexibility index (Phi) is 3.23. The third-order valence-corrected chi connectivity index (χ3v) is 3.01. The van der Waals surface area contributed by atoms with Crippen molar-refractivity contribution in [1.82, 2.24) is 5.32 Å². The molecule has 0 saturated carbocycles. The first-order valence-corrected chi connectivity index (χ1v) is 5.53. The van der Waals surface area contributed by atoms with Gasteiger partial charge in [0.1, 0.15) is 0 Å². The predicted molar refractivity (Wildman–Crippen MR) is 63.1 cm³/mol. The Hall–Kier alpha value is -0.970. The topological polar surface area (TPSA) is 61.4 Å². The number of phenols is 1. The Morgan fingerprint density at radius 2 is 1.94 bits per heavy atom. The minimum absolute atomic E-state index is 0.00801. The van der Waals surface area contributed by atoms with E-state index < -0.39 is 0 Å². The largest absolute Gasteiger partial charge is 0.505 e. The Labute approximate surface area is 103 Å². The summed E-state index contributed by atoms with van der Waals surface area (Å²) in [7, 11) is 0. The maximum atomic E-state index is 11.6. The van der Waals surface area contributed by atoms with Crippen LogP contribution in [0.4, 0.5) is 5.69 Å². The van der Waals surface area contributed by atoms with Gasteiger partial charge in [0, 0.05) is 18.8 Å². The minimum Gasteiger partial charge on any atom is -0.505 e. The van der Waals surface area contributed by atoms with Crippen molar-refractivity contribution in [2.24, 2.45) is 5.92 Å². The Balaban J connectivity index is 2.12. The van der Waals surface area contributed by atoms with Crippen LogP contribution in [0.2, 0.25) is 10.0 Å². The highest BCUT2D eigenvalue weighted by atomic mass is 35.5. The number of carbonyl (C=O) groups is 1. The number of benzene rings is 1. The molecule has 1 aliphatic heterocycles. The van der Waals surface area contributed by atoms with E-state index in [4.69, 9.17) is 23.2 Å². The van der Waals surface area contributed by atoms with Crippen molar-refractivity contribution < 1.29 is 9.90 Å². The maximum absolute atomic E-state index is 11.6. The van der Waals surface area contributed by atoms with E-state index >= 15 is 0 Å². The molecule has 86 valence electrons. The van der Waals surface area contributed by atoms with Crippen LogP contribution < -0.4 is 10.6 Å². The standard InChI is InChI=1S/C10H10Cl2N2O2/c11-7-1-6(2-8(12)9(7)15)14-10(16)5-3-13-4-5/h1-2,5,13,15H,3-4H2,(H,14,16). The Morgan fingerprint density at radius 1 is 1.38 bits per heavy atom. The van der Waals surface area contributed by atoms with E-state index in [1.807, 2.05) is 0 Å². The second kappa shape index (κ2) is 4.49. The number of phenolic OH excluding ortho intramolecular Hbond substituents is 1. The van der Waals surface area contributed by atoms with Gasteiger partial charge in [-0.2, -0.15) is 0 Å². The van der Waals surface area contributed by atoms with Crippen molar-refractivity contribution >= 4 is 34.8 Å². The van der Waals surface area contributed by atoms with E-state index in [2.05, 4.69) is 10.6 Å². The number of carbonyl (C=O) groups excluding carboxylic acids is 1. The fourth-order valence-electron chi connectivity index (χ4n) is 1.36. The second-order valence-electron chi connectivity index (χ2n) is 3.63. The van der Waals surface area contributed by atoms with E-state index in [1.165, 1.54) is 12.1 Å². The summed E-state index contributed by atoms with van der Waals surface area (Å²) >= 11 is 11.5. The molecule has 0 unspecified atom stereocenters. The normalized spacial score (nSPS) is 15.6. The highest BCUT2D eigenvalue weighted by Gasteiger charge is 2.25. The highest BCUT2D eigenvalue weighted by Crippen LogP contribution is 2.34. The van der Waals surface area contributed by atoms with E-state index in [-0.39, 0.29) is 27.6 Å². The summed E-state index contributed by atoms with van der Waals surface area (Å²) in [5, 5.41) is 15.3. The summed E-state index contributed by atoms with van der Waals surface area (Å²) < 4.78 is 0. The van der Waals surface area contributed by atoms with Gasteiger partial charge in [0.25, 0.3) is 0 Å². The fourth-order valence-corrected chi connectivity index (χ4v) is 1.84. The molecule has 4 nitrogen and oxygen atoms in total. The molecule has 1 aromatic rings. The van der Waals surface area contributed by atoms with Gasteiger partial charge in [-0.3, -0.25) is 4.79 Å². The summed E-state index contributed by atoms with van der Waals surface area (Å²) in [6.07, 6.45) is 0. The van der Waals surface area contributed by atoms with Crippen LogP contribution in [-0.4, -0.2) is 24.1 Å². The zero-order valence-electron chi connectivity index (χ0n) is 8.26. The molecule has 0 spiro atoms. The second-order valence-corrected chi connectivity index (χ2v) is 4.45. The molecule has 1 saturated heterocycles. The van der Waals surface area contributed by atoms with Gasteiger partial charge in [-0.05, 0) is 12.1 Å². The van der Waals surface area contributed by atoms with E-state index in [0.717, 1.165) is 0 Å². The predicted octanol–water partition coefficient (Wildman–Crippen LogP) is 1.86. The summed E-state index contributed by atoms with van der Waals surface area (Å²) in [4.78, 5) is 11.6. The van der Waals surface area contributed by atoms with Gasteiger partial charge in [0.05, 0.1) is 16.0 Å². The number of anilines is 1. The number of halogens is 2. The van der Waals surface area contributed by atoms with E-state index in [0.29, 0.717) is 18.8 Å². The number of hydrogen-bond acceptors (Lipinski definition) is 3. The van der Waals surface area contributed by atoms with Gasteiger partial charge in [0.2, 0.25) is 5.91 Å². The first-order valence-electron chi connectivity index (χ1n) is 4.77. The smallest absolute Gasteiger partial charge is 0.230 e. The molecule has 0 aliphatic carbocycles. The third-order valence-electron chi connectivity index (χ3n) is 2.44. The van der Waals surface area contributed by atoms with Gasteiger partial charge in [-0.25, -0.2) is 0 Å². The first-order chi connectivity index (χ1) is 7.58. The molecule has 1 amide bonds. The van der Waals surface area contributed by atoms with E-state index in [1.54, 1.807) is 0 Å². The molecule has 16 heavy (non-hydrogen) atoms. The Morgan fingerprint density at radius 3 is 2.38 bits per heavy atom. The van der Waals surface area contributed by atoms with Crippen LogP contribution in [-0.2, 0) is 4.79 Å². The van der Waals surface area contributed by atoms with Crippen LogP contribution in [0.1, 0.15) is 0 Å². The zero-order valence-corrected chi connectivity index (χ0v) is 9.77. The lowest BCUT2D eigenvalue weighted by Gasteiger charge is -2.25. The van der Waals surface area contributed by atoms with Crippen LogP contribution in [0.25, 0.3) is 0 Å². The number of aromatic hydroxyl groups is 1. The van der Waals surface area contributed by atoms with Gasteiger partial charge >= 0.3 is 0 Å². The number of amides is 1. The van der Waals surface area contributed by atoms with Gasteiger partial charge in [-0.1, -0.05) is 23.2 Å². The molecule has 1 fully saturated rings. The molecule has 0 atom stereocenters. The third kappa shape index (κ3) is 2.24. The average molecular weight is 261 g/mol. The van der Waals surface area contributed by atoms with Crippen LogP contribution in [0.5, 0.6) is 5.75 Å². The summed E-state index contributed by atoms with van der Waals surface area (Å²) in [5.74, 6) is -0.255. The molecule has 3 N–H and O–H groups in total. The van der Waals surface area contributed by atoms with Crippen molar-refractivity contribution in [3.8, 4) is 5.75 Å².